The summed E-state index contributed by atoms with van der Waals surface area (Å²) in [5, 5.41) is 2.79. The predicted molar refractivity (Wildman–Crippen MR) is 66.5 cm³/mol. The molecular weight excluding hydrogens is 224 g/mol. The highest BCUT2D eigenvalue weighted by Crippen LogP contribution is 2.20. The van der Waals surface area contributed by atoms with Gasteiger partial charge >= 0.3 is 0 Å². The molecule has 0 unspecified atom stereocenters. The Kier molecular flexibility index (Phi) is 3.11. The number of terminal acetylenes is 1. The Balaban J connectivity index is 2.26. The lowest BCUT2D eigenvalue weighted by Gasteiger charge is -2.00. The van der Waals surface area contributed by atoms with Crippen molar-refractivity contribution in [1.82, 2.24) is 0 Å². The molecule has 0 aliphatic rings. The van der Waals surface area contributed by atoms with Gasteiger partial charge in [-0.25, -0.2) is 0 Å². The Hall–Kier alpha value is -1.23. The topological polar surface area (TPSA) is 0 Å². The summed E-state index contributed by atoms with van der Waals surface area (Å²) in [5.74, 6) is 2.70. The van der Waals surface area contributed by atoms with E-state index in [2.05, 4.69) is 18.1 Å². The van der Waals surface area contributed by atoms with E-state index >= 15 is 0 Å². The van der Waals surface area contributed by atoms with Crippen molar-refractivity contribution in [3.05, 3.63) is 56.7 Å². The van der Waals surface area contributed by atoms with E-state index in [-0.39, 0.29) is 0 Å². The summed E-state index contributed by atoms with van der Waals surface area (Å²) in [6.45, 7) is 0. The molecule has 2 heteroatoms. The second-order valence-electron chi connectivity index (χ2n) is 3.23. The maximum Gasteiger partial charge on any atom is 0.0801 e. The Labute approximate surface area is 98.5 Å². The van der Waals surface area contributed by atoms with Crippen molar-refractivity contribution < 1.29 is 0 Å². The van der Waals surface area contributed by atoms with Crippen molar-refractivity contribution in [3.63, 3.8) is 0 Å². The third kappa shape index (κ3) is 2.41. The summed E-state index contributed by atoms with van der Waals surface area (Å²) < 4.78 is 0. The molecule has 0 N–H and O–H groups in total. The SMILES string of the molecule is C#Cc1sccc1Cc1cccc(Cl)c1. The molecule has 0 bridgehead atoms. The molecule has 74 valence electrons. The maximum atomic E-state index is 5.92. The summed E-state index contributed by atoms with van der Waals surface area (Å²) in [5.41, 5.74) is 2.39. The molecule has 1 aromatic carbocycles. The lowest BCUT2D eigenvalue weighted by atomic mass is 10.1. The fourth-order valence-electron chi connectivity index (χ4n) is 1.47. The van der Waals surface area contributed by atoms with Gasteiger partial charge in [-0.1, -0.05) is 29.7 Å². The van der Waals surface area contributed by atoms with Crippen LogP contribution >= 0.6 is 22.9 Å². The molecule has 0 saturated carbocycles. The Bertz CT molecular complexity index is 505. The van der Waals surface area contributed by atoms with Crippen LogP contribution in [0, 0.1) is 12.3 Å². The molecule has 0 spiro atoms. The van der Waals surface area contributed by atoms with E-state index in [9.17, 15) is 0 Å². The molecule has 0 nitrogen and oxygen atoms in total. The van der Waals surface area contributed by atoms with Crippen LogP contribution in [0.5, 0.6) is 0 Å². The number of rotatable bonds is 2. The lowest BCUT2D eigenvalue weighted by molar-refractivity contribution is 1.20. The van der Waals surface area contributed by atoms with Crippen LogP contribution in [0.4, 0.5) is 0 Å². The quantitative estimate of drug-likeness (QED) is 0.688. The average Bonchev–Trinajstić information content (AvgIpc) is 2.65. The van der Waals surface area contributed by atoms with E-state index in [4.69, 9.17) is 18.0 Å². The normalized spacial score (nSPS) is 9.87. The van der Waals surface area contributed by atoms with E-state index in [0.29, 0.717) is 0 Å². The van der Waals surface area contributed by atoms with Crippen LogP contribution in [0.3, 0.4) is 0 Å². The molecular formula is C13H9ClS. The van der Waals surface area contributed by atoms with Gasteiger partial charge in [0.2, 0.25) is 0 Å². The zero-order valence-electron chi connectivity index (χ0n) is 8.03. The van der Waals surface area contributed by atoms with Gasteiger partial charge in [-0.3, -0.25) is 0 Å². The van der Waals surface area contributed by atoms with Gasteiger partial charge in [-0.15, -0.1) is 17.8 Å². The molecule has 0 fully saturated rings. The van der Waals surface area contributed by atoms with Crippen LogP contribution in [0.1, 0.15) is 16.0 Å². The molecule has 1 aromatic heterocycles. The summed E-state index contributed by atoms with van der Waals surface area (Å²) >= 11 is 7.52. The molecule has 2 rings (SSSR count). The third-order valence-corrected chi connectivity index (χ3v) is 3.28. The molecule has 0 aliphatic heterocycles. The van der Waals surface area contributed by atoms with E-state index < -0.39 is 0 Å². The van der Waals surface area contributed by atoms with Crippen LogP contribution in [-0.2, 0) is 6.42 Å². The minimum atomic E-state index is 0.769. The first-order valence-electron chi connectivity index (χ1n) is 4.57. The van der Waals surface area contributed by atoms with Crippen molar-refractivity contribution in [1.29, 1.82) is 0 Å². The summed E-state index contributed by atoms with van der Waals surface area (Å²) in [6, 6.07) is 9.93. The Morgan fingerprint density at radius 3 is 2.93 bits per heavy atom. The molecule has 0 aliphatic carbocycles. The largest absolute Gasteiger partial charge is 0.135 e. The highest BCUT2D eigenvalue weighted by molar-refractivity contribution is 7.10. The van der Waals surface area contributed by atoms with Crippen molar-refractivity contribution in [3.8, 4) is 12.3 Å². The highest BCUT2D eigenvalue weighted by atomic mass is 35.5. The number of hydrogen-bond acceptors (Lipinski definition) is 1. The standard InChI is InChI=1S/C13H9ClS/c1-2-13-11(6-7-15-13)8-10-4-3-5-12(14)9-10/h1,3-7,9H,8H2. The zero-order chi connectivity index (χ0) is 10.7. The fraction of sp³-hybridized carbons (Fsp3) is 0.0769. The van der Waals surface area contributed by atoms with Gasteiger partial charge in [0.05, 0.1) is 4.88 Å². The minimum absolute atomic E-state index is 0.769. The number of benzene rings is 1. The van der Waals surface area contributed by atoms with Crippen LogP contribution in [0.15, 0.2) is 35.7 Å². The van der Waals surface area contributed by atoms with Crippen LogP contribution in [0.2, 0.25) is 5.02 Å². The third-order valence-electron chi connectivity index (χ3n) is 2.16. The summed E-state index contributed by atoms with van der Waals surface area (Å²) in [4.78, 5) is 1.01. The second-order valence-corrected chi connectivity index (χ2v) is 4.58. The van der Waals surface area contributed by atoms with Gasteiger partial charge < -0.3 is 0 Å². The minimum Gasteiger partial charge on any atom is -0.135 e. The van der Waals surface area contributed by atoms with Crippen molar-refractivity contribution in [2.24, 2.45) is 0 Å². The fourth-order valence-corrected chi connectivity index (χ4v) is 2.41. The van der Waals surface area contributed by atoms with Crippen LogP contribution in [0.25, 0.3) is 0 Å². The van der Waals surface area contributed by atoms with Gasteiger partial charge in [0.25, 0.3) is 0 Å². The van der Waals surface area contributed by atoms with Gasteiger partial charge in [0.1, 0.15) is 0 Å². The summed E-state index contributed by atoms with van der Waals surface area (Å²) in [7, 11) is 0. The van der Waals surface area contributed by atoms with Crippen molar-refractivity contribution in [2.45, 2.75) is 6.42 Å². The lowest BCUT2D eigenvalue weighted by Crippen LogP contribution is -1.87. The second kappa shape index (κ2) is 4.53. The first kappa shape index (κ1) is 10.3. The van der Waals surface area contributed by atoms with Crippen LogP contribution in [-0.4, -0.2) is 0 Å². The van der Waals surface area contributed by atoms with E-state index in [1.807, 2.05) is 23.6 Å². The van der Waals surface area contributed by atoms with E-state index in [1.165, 1.54) is 11.1 Å². The summed E-state index contributed by atoms with van der Waals surface area (Å²) in [6.07, 6.45) is 6.26. The van der Waals surface area contributed by atoms with Gasteiger partial charge in [-0.05, 0) is 41.1 Å². The smallest absolute Gasteiger partial charge is 0.0801 e. The molecule has 0 radical (unpaired) electrons. The maximum absolute atomic E-state index is 5.92. The highest BCUT2D eigenvalue weighted by Gasteiger charge is 2.03. The Morgan fingerprint density at radius 2 is 2.20 bits per heavy atom. The molecule has 15 heavy (non-hydrogen) atoms. The Morgan fingerprint density at radius 1 is 1.33 bits per heavy atom. The number of thiophene rings is 1. The average molecular weight is 233 g/mol. The zero-order valence-corrected chi connectivity index (χ0v) is 9.61. The van der Waals surface area contributed by atoms with Crippen LogP contribution < -0.4 is 0 Å². The number of halogens is 1. The monoisotopic (exact) mass is 232 g/mol. The van der Waals surface area contributed by atoms with E-state index in [0.717, 1.165) is 16.3 Å². The van der Waals surface area contributed by atoms with Gasteiger partial charge in [-0.2, -0.15) is 0 Å². The molecule has 1 heterocycles. The predicted octanol–water partition coefficient (Wildman–Crippen LogP) is 3.97. The molecule has 2 aromatic rings. The van der Waals surface area contributed by atoms with Gasteiger partial charge in [0, 0.05) is 5.02 Å². The van der Waals surface area contributed by atoms with Crippen molar-refractivity contribution in [2.75, 3.05) is 0 Å². The van der Waals surface area contributed by atoms with Gasteiger partial charge in [0.15, 0.2) is 0 Å². The van der Waals surface area contributed by atoms with Crippen molar-refractivity contribution >= 4 is 22.9 Å². The molecule has 0 atom stereocenters. The molecule has 0 saturated heterocycles. The first-order chi connectivity index (χ1) is 7.29. The van der Waals surface area contributed by atoms with E-state index in [1.54, 1.807) is 11.3 Å². The first-order valence-corrected chi connectivity index (χ1v) is 5.83. The molecule has 0 amide bonds. The number of hydrogen-bond donors (Lipinski definition) is 0.